The first-order valence-electron chi connectivity index (χ1n) is 7.94. The standard InChI is InChI=1S/C19H17NO5/c1-13(21)14-8-10-15(11-9-14)24-18(22)7-4-12-20-16-5-2-3-6-17(16)25-19(20)23/h2-3,5-6,8-11H,4,7,12H2,1H3. The highest BCUT2D eigenvalue weighted by Crippen LogP contribution is 2.15. The van der Waals surface area contributed by atoms with Gasteiger partial charge in [-0.25, -0.2) is 4.79 Å². The van der Waals surface area contributed by atoms with Crippen LogP contribution in [0.3, 0.4) is 0 Å². The first kappa shape index (κ1) is 16.7. The Morgan fingerprint density at radius 1 is 1.08 bits per heavy atom. The molecule has 0 aliphatic rings. The lowest BCUT2D eigenvalue weighted by Crippen LogP contribution is -2.16. The van der Waals surface area contributed by atoms with Gasteiger partial charge in [-0.3, -0.25) is 14.2 Å². The number of benzene rings is 2. The Morgan fingerprint density at radius 3 is 2.52 bits per heavy atom. The first-order chi connectivity index (χ1) is 12.0. The number of ether oxygens (including phenoxy) is 1. The van der Waals surface area contributed by atoms with Crippen LogP contribution in [0, 0.1) is 0 Å². The second-order valence-electron chi connectivity index (χ2n) is 5.65. The number of para-hydroxylation sites is 2. The SMILES string of the molecule is CC(=O)c1ccc(OC(=O)CCCn2c(=O)oc3ccccc32)cc1. The van der Waals surface area contributed by atoms with Crippen LogP contribution < -0.4 is 10.5 Å². The van der Waals surface area contributed by atoms with Gasteiger partial charge in [-0.15, -0.1) is 0 Å². The molecule has 2 aromatic carbocycles. The quantitative estimate of drug-likeness (QED) is 0.391. The van der Waals surface area contributed by atoms with Crippen molar-refractivity contribution in [2.75, 3.05) is 0 Å². The van der Waals surface area contributed by atoms with Crippen molar-refractivity contribution in [2.24, 2.45) is 0 Å². The van der Waals surface area contributed by atoms with E-state index >= 15 is 0 Å². The second-order valence-corrected chi connectivity index (χ2v) is 5.65. The number of hydrogen-bond acceptors (Lipinski definition) is 5. The van der Waals surface area contributed by atoms with Gasteiger partial charge in [-0.2, -0.15) is 0 Å². The number of aromatic nitrogens is 1. The molecule has 0 amide bonds. The number of oxazole rings is 1. The fourth-order valence-electron chi connectivity index (χ4n) is 2.55. The predicted molar refractivity (Wildman–Crippen MR) is 91.8 cm³/mol. The molecule has 128 valence electrons. The Labute approximate surface area is 143 Å². The van der Waals surface area contributed by atoms with E-state index in [1.807, 2.05) is 6.07 Å². The van der Waals surface area contributed by atoms with Crippen molar-refractivity contribution in [2.45, 2.75) is 26.3 Å². The summed E-state index contributed by atoms with van der Waals surface area (Å²) >= 11 is 0. The van der Waals surface area contributed by atoms with E-state index in [1.54, 1.807) is 42.5 Å². The van der Waals surface area contributed by atoms with E-state index in [9.17, 15) is 14.4 Å². The van der Waals surface area contributed by atoms with E-state index in [4.69, 9.17) is 9.15 Å². The summed E-state index contributed by atoms with van der Waals surface area (Å²) in [7, 11) is 0. The number of fused-ring (bicyclic) bond motifs is 1. The Kier molecular flexibility index (Phi) is 4.79. The molecule has 3 rings (SSSR count). The van der Waals surface area contributed by atoms with Crippen molar-refractivity contribution in [3.05, 3.63) is 64.6 Å². The number of nitrogens with zero attached hydrogens (tertiary/aromatic N) is 1. The summed E-state index contributed by atoms with van der Waals surface area (Å²) in [5.41, 5.74) is 1.80. The van der Waals surface area contributed by atoms with Gasteiger partial charge >= 0.3 is 11.7 Å². The van der Waals surface area contributed by atoms with Crippen molar-refractivity contribution in [3.63, 3.8) is 0 Å². The van der Waals surface area contributed by atoms with E-state index in [2.05, 4.69) is 0 Å². The van der Waals surface area contributed by atoms with Crippen LogP contribution in [0.5, 0.6) is 5.75 Å². The summed E-state index contributed by atoms with van der Waals surface area (Å²) in [6, 6.07) is 13.5. The van der Waals surface area contributed by atoms with Crippen LogP contribution in [0.2, 0.25) is 0 Å². The topological polar surface area (TPSA) is 78.5 Å². The number of aryl methyl sites for hydroxylation is 1. The normalized spacial score (nSPS) is 10.8. The van der Waals surface area contributed by atoms with Crippen molar-refractivity contribution < 1.29 is 18.7 Å². The minimum Gasteiger partial charge on any atom is -0.427 e. The summed E-state index contributed by atoms with van der Waals surface area (Å²) < 4.78 is 11.9. The third-order valence-electron chi connectivity index (χ3n) is 3.83. The molecule has 6 heteroatoms. The molecular weight excluding hydrogens is 322 g/mol. The molecule has 0 N–H and O–H groups in total. The summed E-state index contributed by atoms with van der Waals surface area (Å²) in [5, 5.41) is 0. The number of carbonyl (C=O) groups is 2. The van der Waals surface area contributed by atoms with Gasteiger partial charge in [0.1, 0.15) is 5.75 Å². The summed E-state index contributed by atoms with van der Waals surface area (Å²) in [6.07, 6.45) is 0.619. The van der Waals surface area contributed by atoms with Gasteiger partial charge in [0.05, 0.1) is 5.52 Å². The lowest BCUT2D eigenvalue weighted by molar-refractivity contribution is -0.134. The average Bonchev–Trinajstić information content (AvgIpc) is 2.91. The largest absolute Gasteiger partial charge is 0.427 e. The predicted octanol–water partition coefficient (Wildman–Crippen LogP) is 3.18. The van der Waals surface area contributed by atoms with Crippen molar-refractivity contribution in [3.8, 4) is 5.75 Å². The highest BCUT2D eigenvalue weighted by atomic mass is 16.5. The van der Waals surface area contributed by atoms with E-state index in [0.29, 0.717) is 35.4 Å². The van der Waals surface area contributed by atoms with E-state index in [0.717, 1.165) is 0 Å². The zero-order valence-electron chi connectivity index (χ0n) is 13.7. The Balaban J connectivity index is 1.56. The highest BCUT2D eigenvalue weighted by Gasteiger charge is 2.10. The van der Waals surface area contributed by atoms with Gasteiger partial charge in [0.2, 0.25) is 0 Å². The number of hydrogen-bond donors (Lipinski definition) is 0. The molecule has 0 radical (unpaired) electrons. The molecule has 3 aromatic rings. The van der Waals surface area contributed by atoms with Gasteiger partial charge in [0.25, 0.3) is 0 Å². The van der Waals surface area contributed by atoms with E-state index in [1.165, 1.54) is 11.5 Å². The molecule has 0 unspecified atom stereocenters. The molecule has 0 aliphatic heterocycles. The lowest BCUT2D eigenvalue weighted by Gasteiger charge is -2.05. The van der Waals surface area contributed by atoms with E-state index < -0.39 is 11.7 Å². The van der Waals surface area contributed by atoms with Crippen LogP contribution in [0.15, 0.2) is 57.7 Å². The molecular formula is C19H17NO5. The Hall–Kier alpha value is -3.15. The van der Waals surface area contributed by atoms with Crippen LogP contribution in [0.4, 0.5) is 0 Å². The third kappa shape index (κ3) is 3.85. The molecule has 25 heavy (non-hydrogen) atoms. The highest BCUT2D eigenvalue weighted by molar-refractivity contribution is 5.94. The van der Waals surface area contributed by atoms with Crippen molar-refractivity contribution >= 4 is 22.9 Å². The summed E-state index contributed by atoms with van der Waals surface area (Å²) in [4.78, 5) is 35.0. The number of esters is 1. The first-order valence-corrected chi connectivity index (χ1v) is 7.94. The van der Waals surface area contributed by atoms with Gasteiger partial charge in [-0.05, 0) is 49.7 Å². The van der Waals surface area contributed by atoms with Crippen molar-refractivity contribution in [1.29, 1.82) is 0 Å². The maximum Gasteiger partial charge on any atom is 0.419 e. The van der Waals surface area contributed by atoms with Gasteiger partial charge in [0.15, 0.2) is 11.4 Å². The third-order valence-corrected chi connectivity index (χ3v) is 3.83. The number of carbonyl (C=O) groups excluding carboxylic acids is 2. The maximum atomic E-state index is 11.9. The average molecular weight is 339 g/mol. The molecule has 0 saturated heterocycles. The summed E-state index contributed by atoms with van der Waals surface area (Å²) in [6.45, 7) is 1.84. The van der Waals surface area contributed by atoms with Gasteiger partial charge < -0.3 is 9.15 Å². The molecule has 6 nitrogen and oxygen atoms in total. The van der Waals surface area contributed by atoms with Crippen LogP contribution in [0.1, 0.15) is 30.1 Å². The number of ketones is 1. The molecule has 0 bridgehead atoms. The van der Waals surface area contributed by atoms with Crippen LogP contribution in [0.25, 0.3) is 11.1 Å². The molecule has 0 fully saturated rings. The van der Waals surface area contributed by atoms with Gasteiger partial charge in [-0.1, -0.05) is 12.1 Å². The molecule has 1 heterocycles. The van der Waals surface area contributed by atoms with Gasteiger partial charge in [0, 0.05) is 18.5 Å². The van der Waals surface area contributed by atoms with E-state index in [-0.39, 0.29) is 12.2 Å². The zero-order chi connectivity index (χ0) is 17.8. The van der Waals surface area contributed by atoms with Crippen LogP contribution in [-0.2, 0) is 11.3 Å². The maximum absolute atomic E-state index is 11.9. The molecule has 0 saturated carbocycles. The van der Waals surface area contributed by atoms with Crippen molar-refractivity contribution in [1.82, 2.24) is 4.57 Å². The minimum atomic E-state index is -0.436. The number of rotatable bonds is 6. The monoisotopic (exact) mass is 339 g/mol. The number of Topliss-reactive ketones (excluding diaryl/α,β-unsaturated/α-hetero) is 1. The van der Waals surface area contributed by atoms with Crippen LogP contribution >= 0.6 is 0 Å². The smallest absolute Gasteiger partial charge is 0.419 e. The minimum absolute atomic E-state index is 0.0457. The Morgan fingerprint density at radius 2 is 1.80 bits per heavy atom. The van der Waals surface area contributed by atoms with Crippen LogP contribution in [-0.4, -0.2) is 16.3 Å². The lowest BCUT2D eigenvalue weighted by atomic mass is 10.1. The Bertz CT molecular complexity index is 965. The fraction of sp³-hybridized carbons (Fsp3) is 0.211. The molecule has 0 aliphatic carbocycles. The fourth-order valence-corrected chi connectivity index (χ4v) is 2.55. The summed E-state index contributed by atoms with van der Waals surface area (Å²) in [5.74, 6) is -0.484. The molecule has 1 aromatic heterocycles. The molecule has 0 atom stereocenters. The second kappa shape index (κ2) is 7.17. The zero-order valence-corrected chi connectivity index (χ0v) is 13.7. The molecule has 0 spiro atoms.